The Morgan fingerprint density at radius 1 is 1.38 bits per heavy atom. The Labute approximate surface area is 132 Å². The van der Waals surface area contributed by atoms with Gasteiger partial charge >= 0.3 is 0 Å². The summed E-state index contributed by atoms with van der Waals surface area (Å²) in [4.78, 5) is 13.7. The summed E-state index contributed by atoms with van der Waals surface area (Å²) >= 11 is 0. The van der Waals surface area contributed by atoms with Gasteiger partial charge in [-0.25, -0.2) is 8.42 Å². The van der Waals surface area contributed by atoms with E-state index in [1.54, 1.807) is 0 Å². The molecule has 2 aliphatic rings. The molecule has 7 nitrogen and oxygen atoms in total. The summed E-state index contributed by atoms with van der Waals surface area (Å²) in [6.07, 6.45) is 1.68. The average Bonchev–Trinajstić information content (AvgIpc) is 2.46. The lowest BCUT2D eigenvalue weighted by Gasteiger charge is -2.40. The van der Waals surface area contributed by atoms with Crippen molar-refractivity contribution in [3.05, 3.63) is 0 Å². The highest BCUT2D eigenvalue weighted by atomic mass is 35.5. The average molecular weight is 342 g/mol. The SMILES string of the molecule is COCCS(=O)(=O)N1CCCC(N2CCNCC2=O)C1.Cl. The summed E-state index contributed by atoms with van der Waals surface area (Å²) in [6.45, 7) is 2.96. The van der Waals surface area contributed by atoms with E-state index in [4.69, 9.17) is 4.74 Å². The van der Waals surface area contributed by atoms with Gasteiger partial charge in [0.15, 0.2) is 0 Å². The lowest BCUT2D eigenvalue weighted by Crippen LogP contribution is -2.57. The van der Waals surface area contributed by atoms with Gasteiger partial charge < -0.3 is 15.0 Å². The van der Waals surface area contributed by atoms with Gasteiger partial charge in [-0.05, 0) is 12.8 Å². The second-order valence-electron chi connectivity index (χ2n) is 5.23. The van der Waals surface area contributed by atoms with Crippen LogP contribution in [-0.4, -0.2) is 81.8 Å². The third-order valence-corrected chi connectivity index (χ3v) is 5.67. The molecule has 2 aliphatic heterocycles. The van der Waals surface area contributed by atoms with Crippen LogP contribution in [0, 0.1) is 0 Å². The molecule has 0 spiro atoms. The molecule has 1 atom stereocenters. The fraction of sp³-hybridized carbons (Fsp3) is 0.917. The molecule has 0 saturated carbocycles. The molecule has 0 aromatic heterocycles. The first-order valence-electron chi connectivity index (χ1n) is 7.01. The van der Waals surface area contributed by atoms with Gasteiger partial charge in [0.25, 0.3) is 0 Å². The van der Waals surface area contributed by atoms with E-state index in [1.165, 1.54) is 11.4 Å². The van der Waals surface area contributed by atoms with E-state index in [-0.39, 0.29) is 36.7 Å². The van der Waals surface area contributed by atoms with Crippen LogP contribution in [0.2, 0.25) is 0 Å². The number of halogens is 1. The van der Waals surface area contributed by atoms with Gasteiger partial charge in [-0.3, -0.25) is 4.79 Å². The topological polar surface area (TPSA) is 79.0 Å². The van der Waals surface area contributed by atoms with Crippen molar-refractivity contribution in [2.24, 2.45) is 0 Å². The van der Waals surface area contributed by atoms with E-state index in [2.05, 4.69) is 5.32 Å². The number of hydrogen-bond donors (Lipinski definition) is 1. The summed E-state index contributed by atoms with van der Waals surface area (Å²) in [5.41, 5.74) is 0. The van der Waals surface area contributed by atoms with E-state index in [9.17, 15) is 13.2 Å². The van der Waals surface area contributed by atoms with Crippen LogP contribution < -0.4 is 5.32 Å². The number of carbonyl (C=O) groups is 1. The molecule has 21 heavy (non-hydrogen) atoms. The number of carbonyl (C=O) groups excluding carboxylic acids is 1. The lowest BCUT2D eigenvalue weighted by molar-refractivity contribution is -0.135. The largest absolute Gasteiger partial charge is 0.384 e. The monoisotopic (exact) mass is 341 g/mol. The standard InChI is InChI=1S/C12H23N3O4S.ClH/c1-19-7-8-20(17,18)14-5-2-3-11(10-14)15-6-4-13-9-12(15)16;/h11,13H,2-10H2,1H3;1H. The molecule has 0 radical (unpaired) electrons. The van der Waals surface area contributed by atoms with E-state index in [0.717, 1.165) is 19.4 Å². The Bertz CT molecular complexity index is 446. The first kappa shape index (κ1) is 18.6. The number of methoxy groups -OCH3 is 1. The van der Waals surface area contributed by atoms with Gasteiger partial charge in [-0.2, -0.15) is 4.31 Å². The van der Waals surface area contributed by atoms with Crippen molar-refractivity contribution in [2.75, 3.05) is 52.2 Å². The molecular weight excluding hydrogens is 318 g/mol. The number of nitrogens with zero attached hydrogens (tertiary/aromatic N) is 2. The molecule has 0 aliphatic carbocycles. The first-order chi connectivity index (χ1) is 9.54. The third-order valence-electron chi connectivity index (χ3n) is 3.86. The van der Waals surface area contributed by atoms with Crippen LogP contribution >= 0.6 is 12.4 Å². The van der Waals surface area contributed by atoms with Gasteiger partial charge in [0.05, 0.1) is 18.9 Å². The molecule has 1 unspecified atom stereocenters. The number of amides is 1. The maximum atomic E-state index is 12.2. The van der Waals surface area contributed by atoms with Crippen molar-refractivity contribution in [1.82, 2.24) is 14.5 Å². The van der Waals surface area contributed by atoms with E-state index in [0.29, 0.717) is 26.2 Å². The van der Waals surface area contributed by atoms with E-state index in [1.807, 2.05) is 4.90 Å². The Balaban J connectivity index is 0.00000220. The Hall–Kier alpha value is -0.410. The highest BCUT2D eigenvalue weighted by Gasteiger charge is 2.34. The molecule has 1 amide bonds. The van der Waals surface area contributed by atoms with Crippen LogP contribution in [0.5, 0.6) is 0 Å². The summed E-state index contributed by atoms with van der Waals surface area (Å²) < 4.78 is 30.7. The predicted octanol–water partition coefficient (Wildman–Crippen LogP) is -0.719. The van der Waals surface area contributed by atoms with Crippen molar-refractivity contribution in [2.45, 2.75) is 18.9 Å². The zero-order valence-corrected chi connectivity index (χ0v) is 13.9. The Kier molecular flexibility index (Phi) is 7.35. The van der Waals surface area contributed by atoms with Crippen LogP contribution in [0.15, 0.2) is 0 Å². The van der Waals surface area contributed by atoms with Crippen molar-refractivity contribution in [1.29, 1.82) is 0 Å². The minimum absolute atomic E-state index is 0. The molecule has 9 heteroatoms. The smallest absolute Gasteiger partial charge is 0.236 e. The second-order valence-corrected chi connectivity index (χ2v) is 7.32. The molecule has 1 N–H and O–H groups in total. The normalized spacial score (nSPS) is 24.7. The van der Waals surface area contributed by atoms with Crippen molar-refractivity contribution in [3.8, 4) is 0 Å². The van der Waals surface area contributed by atoms with Crippen LogP contribution in [0.1, 0.15) is 12.8 Å². The number of rotatable bonds is 5. The summed E-state index contributed by atoms with van der Waals surface area (Å²) in [7, 11) is -1.79. The van der Waals surface area contributed by atoms with Gasteiger partial charge in [-0.1, -0.05) is 0 Å². The van der Waals surface area contributed by atoms with Gasteiger partial charge in [0.2, 0.25) is 15.9 Å². The highest BCUT2D eigenvalue weighted by Crippen LogP contribution is 2.19. The number of nitrogens with one attached hydrogen (secondary N) is 1. The fourth-order valence-corrected chi connectivity index (χ4v) is 4.19. The fourth-order valence-electron chi connectivity index (χ4n) is 2.75. The van der Waals surface area contributed by atoms with Crippen LogP contribution in [0.3, 0.4) is 0 Å². The summed E-state index contributed by atoms with van der Waals surface area (Å²) in [6, 6.07) is 0.00988. The lowest BCUT2D eigenvalue weighted by atomic mass is 10.1. The molecule has 2 rings (SSSR count). The number of ether oxygens (including phenoxy) is 1. The van der Waals surface area contributed by atoms with Gasteiger partial charge in [-0.15, -0.1) is 12.4 Å². The minimum Gasteiger partial charge on any atom is -0.384 e. The second kappa shape index (κ2) is 8.28. The Morgan fingerprint density at radius 2 is 2.14 bits per heavy atom. The third kappa shape index (κ3) is 4.79. The van der Waals surface area contributed by atoms with Crippen molar-refractivity contribution < 1.29 is 17.9 Å². The molecule has 124 valence electrons. The highest BCUT2D eigenvalue weighted by molar-refractivity contribution is 7.89. The molecule has 0 bridgehead atoms. The molecule has 0 aromatic carbocycles. The maximum Gasteiger partial charge on any atom is 0.236 e. The number of hydrogen-bond acceptors (Lipinski definition) is 5. The van der Waals surface area contributed by atoms with Crippen LogP contribution in [0.25, 0.3) is 0 Å². The van der Waals surface area contributed by atoms with Gasteiger partial charge in [0.1, 0.15) is 0 Å². The molecule has 2 fully saturated rings. The molecular formula is C12H24ClN3O4S. The quantitative estimate of drug-likeness (QED) is 0.714. The number of sulfonamides is 1. The molecule has 2 saturated heterocycles. The van der Waals surface area contributed by atoms with E-state index >= 15 is 0 Å². The number of piperazine rings is 1. The molecule has 0 aromatic rings. The van der Waals surface area contributed by atoms with E-state index < -0.39 is 10.0 Å². The van der Waals surface area contributed by atoms with Crippen molar-refractivity contribution in [3.63, 3.8) is 0 Å². The zero-order chi connectivity index (χ0) is 14.6. The maximum absolute atomic E-state index is 12.2. The number of piperidine rings is 1. The first-order valence-corrected chi connectivity index (χ1v) is 8.62. The molecule has 2 heterocycles. The van der Waals surface area contributed by atoms with Crippen LogP contribution in [0.4, 0.5) is 0 Å². The van der Waals surface area contributed by atoms with Crippen LogP contribution in [-0.2, 0) is 19.6 Å². The van der Waals surface area contributed by atoms with Crippen molar-refractivity contribution >= 4 is 28.3 Å². The summed E-state index contributed by atoms with van der Waals surface area (Å²) in [5.74, 6) is 0.0727. The van der Waals surface area contributed by atoms with Gasteiger partial charge in [0, 0.05) is 39.3 Å². The zero-order valence-electron chi connectivity index (χ0n) is 12.3. The minimum atomic E-state index is -3.28. The predicted molar refractivity (Wildman–Crippen MR) is 82.1 cm³/mol. The summed E-state index contributed by atoms with van der Waals surface area (Å²) in [5, 5.41) is 3.03. The Morgan fingerprint density at radius 3 is 2.81 bits per heavy atom.